The predicted octanol–water partition coefficient (Wildman–Crippen LogP) is 1.19. The lowest BCUT2D eigenvalue weighted by Gasteiger charge is -2.08. The van der Waals surface area contributed by atoms with Crippen molar-refractivity contribution in [3.63, 3.8) is 0 Å². The summed E-state index contributed by atoms with van der Waals surface area (Å²) in [6.07, 6.45) is -5.37. The van der Waals surface area contributed by atoms with Crippen LogP contribution in [0.3, 0.4) is 0 Å². The first-order chi connectivity index (χ1) is 7.85. The van der Waals surface area contributed by atoms with Crippen molar-refractivity contribution in [2.24, 2.45) is 0 Å². The first-order valence-electron chi connectivity index (χ1n) is 5.09. The minimum Gasteiger partial charge on any atom is -0.465 e. The molecule has 0 atom stereocenters. The number of ether oxygens (including phenoxy) is 1. The van der Waals surface area contributed by atoms with Crippen LogP contribution in [0.15, 0.2) is 0 Å². The fourth-order valence-electron chi connectivity index (χ4n) is 0.918. The zero-order valence-corrected chi connectivity index (χ0v) is 9.39. The zero-order valence-electron chi connectivity index (χ0n) is 9.39. The number of rotatable bonds is 6. The highest BCUT2D eigenvalue weighted by atomic mass is 19.4. The molecule has 0 aromatic carbocycles. The standard InChI is InChI=1S/C9H15F3N2O3/c1-2-17-7(15)6-14-8(16)13-5-3-4-9(10,11)12/h2-6H2,1H3,(H2,13,14,16). The van der Waals surface area contributed by atoms with Crippen LogP contribution in [0.2, 0.25) is 0 Å². The van der Waals surface area contributed by atoms with Crippen molar-refractivity contribution in [3.8, 4) is 0 Å². The van der Waals surface area contributed by atoms with Gasteiger partial charge in [0, 0.05) is 13.0 Å². The summed E-state index contributed by atoms with van der Waals surface area (Å²) < 4.78 is 39.7. The average Bonchev–Trinajstić information content (AvgIpc) is 2.21. The van der Waals surface area contributed by atoms with Crippen LogP contribution in [0, 0.1) is 0 Å². The van der Waals surface area contributed by atoms with Crippen LogP contribution >= 0.6 is 0 Å². The van der Waals surface area contributed by atoms with Gasteiger partial charge in [0.15, 0.2) is 0 Å². The van der Waals surface area contributed by atoms with Gasteiger partial charge in [-0.15, -0.1) is 0 Å². The van der Waals surface area contributed by atoms with E-state index < -0.39 is 24.6 Å². The number of hydrogen-bond donors (Lipinski definition) is 2. The highest BCUT2D eigenvalue weighted by Gasteiger charge is 2.25. The molecule has 0 fully saturated rings. The minimum absolute atomic E-state index is 0.103. The summed E-state index contributed by atoms with van der Waals surface area (Å²) in [4.78, 5) is 21.8. The molecule has 8 heteroatoms. The summed E-state index contributed by atoms with van der Waals surface area (Å²) in [7, 11) is 0. The maximum Gasteiger partial charge on any atom is 0.389 e. The third-order valence-corrected chi connectivity index (χ3v) is 1.62. The zero-order chi connectivity index (χ0) is 13.3. The third-order valence-electron chi connectivity index (χ3n) is 1.62. The van der Waals surface area contributed by atoms with E-state index in [9.17, 15) is 22.8 Å². The van der Waals surface area contributed by atoms with Gasteiger partial charge in [0.05, 0.1) is 6.61 Å². The van der Waals surface area contributed by atoms with Gasteiger partial charge in [-0.25, -0.2) is 4.79 Å². The molecule has 17 heavy (non-hydrogen) atoms. The van der Waals surface area contributed by atoms with E-state index in [4.69, 9.17) is 0 Å². The Morgan fingerprint density at radius 3 is 2.41 bits per heavy atom. The second-order valence-corrected chi connectivity index (χ2v) is 3.13. The molecule has 100 valence electrons. The summed E-state index contributed by atoms with van der Waals surface area (Å²) in [6.45, 7) is 1.41. The smallest absolute Gasteiger partial charge is 0.389 e. The van der Waals surface area contributed by atoms with Crippen LogP contribution in [0.5, 0.6) is 0 Å². The molecule has 0 unspecified atom stereocenters. The number of alkyl halides is 3. The van der Waals surface area contributed by atoms with E-state index in [2.05, 4.69) is 15.4 Å². The van der Waals surface area contributed by atoms with Gasteiger partial charge >= 0.3 is 18.2 Å². The molecule has 0 rings (SSSR count). The molecule has 0 aliphatic carbocycles. The van der Waals surface area contributed by atoms with E-state index in [1.165, 1.54) is 0 Å². The summed E-state index contributed by atoms with van der Waals surface area (Å²) in [5, 5.41) is 4.35. The van der Waals surface area contributed by atoms with Gasteiger partial charge in [0.2, 0.25) is 0 Å². The van der Waals surface area contributed by atoms with Gasteiger partial charge in [-0.2, -0.15) is 13.2 Å². The number of carbonyl (C=O) groups excluding carboxylic acids is 2. The molecule has 2 N–H and O–H groups in total. The van der Waals surface area contributed by atoms with Crippen LogP contribution in [-0.2, 0) is 9.53 Å². The van der Waals surface area contributed by atoms with E-state index in [1.807, 2.05) is 0 Å². The van der Waals surface area contributed by atoms with Crippen molar-refractivity contribution in [1.82, 2.24) is 10.6 Å². The molecule has 0 radical (unpaired) electrons. The van der Waals surface area contributed by atoms with Crippen LogP contribution in [0.4, 0.5) is 18.0 Å². The molecule has 0 saturated carbocycles. The van der Waals surface area contributed by atoms with Gasteiger partial charge in [-0.1, -0.05) is 0 Å². The van der Waals surface area contributed by atoms with Crippen molar-refractivity contribution in [2.45, 2.75) is 25.9 Å². The number of nitrogens with one attached hydrogen (secondary N) is 2. The van der Waals surface area contributed by atoms with E-state index >= 15 is 0 Å². The largest absolute Gasteiger partial charge is 0.465 e. The first kappa shape index (κ1) is 15.5. The summed E-state index contributed by atoms with van der Waals surface area (Å²) in [5.74, 6) is -0.599. The Balaban J connectivity index is 3.50. The van der Waals surface area contributed by atoms with E-state index in [0.717, 1.165) is 0 Å². The van der Waals surface area contributed by atoms with Gasteiger partial charge in [-0.3, -0.25) is 4.79 Å². The minimum atomic E-state index is -4.22. The van der Waals surface area contributed by atoms with Crippen molar-refractivity contribution in [2.75, 3.05) is 19.7 Å². The summed E-state index contributed by atoms with van der Waals surface area (Å²) >= 11 is 0. The SMILES string of the molecule is CCOC(=O)CNC(=O)NCCCC(F)(F)F. The highest BCUT2D eigenvalue weighted by Crippen LogP contribution is 2.20. The Morgan fingerprint density at radius 1 is 1.24 bits per heavy atom. The number of urea groups is 1. The fourth-order valence-corrected chi connectivity index (χ4v) is 0.918. The Kier molecular flexibility index (Phi) is 7.08. The fraction of sp³-hybridized carbons (Fsp3) is 0.778. The molecular formula is C9H15F3N2O3. The lowest BCUT2D eigenvalue weighted by molar-refractivity contribution is -0.141. The van der Waals surface area contributed by atoms with Gasteiger partial charge in [0.25, 0.3) is 0 Å². The third kappa shape index (κ3) is 10.8. The van der Waals surface area contributed by atoms with Gasteiger partial charge in [0.1, 0.15) is 6.54 Å². The number of esters is 1. The molecule has 2 amide bonds. The van der Waals surface area contributed by atoms with Gasteiger partial charge < -0.3 is 15.4 Å². The monoisotopic (exact) mass is 256 g/mol. The Morgan fingerprint density at radius 2 is 1.88 bits per heavy atom. The van der Waals surface area contributed by atoms with Crippen molar-refractivity contribution < 1.29 is 27.5 Å². The quantitative estimate of drug-likeness (QED) is 0.554. The van der Waals surface area contributed by atoms with Crippen molar-refractivity contribution in [3.05, 3.63) is 0 Å². The number of hydrogen-bond acceptors (Lipinski definition) is 3. The summed E-state index contributed by atoms with van der Waals surface area (Å²) in [5.41, 5.74) is 0. The van der Waals surface area contributed by atoms with Crippen LogP contribution < -0.4 is 10.6 Å². The average molecular weight is 256 g/mol. The van der Waals surface area contributed by atoms with E-state index in [0.29, 0.717) is 0 Å². The topological polar surface area (TPSA) is 67.4 Å². The molecule has 0 aromatic heterocycles. The lowest BCUT2D eigenvalue weighted by Crippen LogP contribution is -2.39. The highest BCUT2D eigenvalue weighted by molar-refractivity contribution is 5.80. The summed E-state index contributed by atoms with van der Waals surface area (Å²) in [6, 6.07) is -0.694. The number of halogens is 3. The van der Waals surface area contributed by atoms with Crippen molar-refractivity contribution >= 4 is 12.0 Å². The van der Waals surface area contributed by atoms with E-state index in [1.54, 1.807) is 6.92 Å². The lowest BCUT2D eigenvalue weighted by atomic mass is 10.3. The Bertz CT molecular complexity index is 256. The van der Waals surface area contributed by atoms with Crippen LogP contribution in [0.25, 0.3) is 0 Å². The molecule has 0 heterocycles. The molecule has 0 bridgehead atoms. The number of amides is 2. The molecule has 0 aliphatic heterocycles. The van der Waals surface area contributed by atoms with E-state index in [-0.39, 0.29) is 26.1 Å². The number of carbonyl (C=O) groups is 2. The molecule has 0 spiro atoms. The van der Waals surface area contributed by atoms with Crippen molar-refractivity contribution in [1.29, 1.82) is 0 Å². The molecule has 5 nitrogen and oxygen atoms in total. The molecular weight excluding hydrogens is 241 g/mol. The van der Waals surface area contributed by atoms with Gasteiger partial charge in [-0.05, 0) is 13.3 Å². The molecule has 0 saturated heterocycles. The Labute approximate surface area is 96.7 Å². The Hall–Kier alpha value is -1.47. The maximum atomic E-state index is 11.7. The second kappa shape index (κ2) is 7.75. The molecule has 0 aliphatic rings. The molecule has 0 aromatic rings. The second-order valence-electron chi connectivity index (χ2n) is 3.13. The normalized spacial score (nSPS) is 10.8. The maximum absolute atomic E-state index is 11.7. The predicted molar refractivity (Wildman–Crippen MR) is 53.3 cm³/mol. The first-order valence-corrected chi connectivity index (χ1v) is 5.09. The van der Waals surface area contributed by atoms with Crippen LogP contribution in [-0.4, -0.2) is 37.9 Å². The van der Waals surface area contributed by atoms with Crippen LogP contribution in [0.1, 0.15) is 19.8 Å².